The van der Waals surface area contributed by atoms with Crippen molar-refractivity contribution in [2.45, 2.75) is 0 Å². The van der Waals surface area contributed by atoms with Gasteiger partial charge in [0.15, 0.2) is 5.69 Å². The molecule has 0 unspecified atom stereocenters. The van der Waals surface area contributed by atoms with E-state index >= 15 is 0 Å². The fourth-order valence-electron chi connectivity index (χ4n) is 3.08. The Hall–Kier alpha value is -4.18. The van der Waals surface area contributed by atoms with E-state index in [9.17, 15) is 25.4 Å². The summed E-state index contributed by atoms with van der Waals surface area (Å²) in [4.78, 5) is 21.5. The van der Waals surface area contributed by atoms with Crippen LogP contribution < -0.4 is 15.3 Å². The van der Waals surface area contributed by atoms with Crippen LogP contribution in [0.3, 0.4) is 0 Å². The van der Waals surface area contributed by atoms with Crippen LogP contribution in [0, 0.1) is 20.2 Å². The van der Waals surface area contributed by atoms with Crippen LogP contribution in [0.4, 0.5) is 34.1 Å². The Labute approximate surface area is 158 Å². The molecule has 0 amide bonds. The van der Waals surface area contributed by atoms with Crippen LogP contribution in [0.15, 0.2) is 72.8 Å². The van der Waals surface area contributed by atoms with Crippen molar-refractivity contribution in [2.24, 2.45) is 0 Å². The van der Waals surface area contributed by atoms with Crippen LogP contribution in [-0.4, -0.2) is 15.1 Å². The zero-order chi connectivity index (χ0) is 19.8. The van der Waals surface area contributed by atoms with Gasteiger partial charge in [0, 0.05) is 6.07 Å². The average Bonchev–Trinajstić information content (AvgIpc) is 3.01. The third-order valence-corrected chi connectivity index (χ3v) is 4.25. The lowest BCUT2D eigenvalue weighted by Crippen LogP contribution is -2.45. The number of nitro benzene ring substituents is 2. The Balaban J connectivity index is 2.02. The van der Waals surface area contributed by atoms with Gasteiger partial charge in [0.2, 0.25) is 0 Å². The predicted octanol–water partition coefficient (Wildman–Crippen LogP) is 4.19. The number of nitrogens with zero attached hydrogens (tertiary/aromatic N) is 5. The Bertz CT molecular complexity index is 1060. The molecule has 0 atom stereocenters. The Morgan fingerprint density at radius 3 is 1.89 bits per heavy atom. The number of hydrazine groups is 2. The summed E-state index contributed by atoms with van der Waals surface area (Å²) in [7, 11) is 0. The molecule has 0 spiro atoms. The second kappa shape index (κ2) is 6.52. The molecule has 1 heterocycles. The van der Waals surface area contributed by atoms with E-state index in [1.54, 1.807) is 60.7 Å². The first-order valence-corrected chi connectivity index (χ1v) is 8.15. The summed E-state index contributed by atoms with van der Waals surface area (Å²) in [6, 6.07) is 19.4. The van der Waals surface area contributed by atoms with Crippen molar-refractivity contribution in [1.29, 1.82) is 0 Å². The standard InChI is InChI=1S/C18H13N5O5/c24-21-16-11-15(22(25)26)12-17(23(27)28)18(16)19(13-7-3-1-4-8-13)20(21)14-9-5-2-6-10-14/h1-12,24H. The van der Waals surface area contributed by atoms with Gasteiger partial charge in [-0.15, -0.1) is 5.17 Å². The van der Waals surface area contributed by atoms with E-state index in [1.165, 1.54) is 10.1 Å². The van der Waals surface area contributed by atoms with Gasteiger partial charge in [-0.2, -0.15) is 5.12 Å². The highest BCUT2D eigenvalue weighted by Gasteiger charge is 2.42. The summed E-state index contributed by atoms with van der Waals surface area (Å²) < 4.78 is 0. The molecule has 3 aromatic carbocycles. The lowest BCUT2D eigenvalue weighted by atomic mass is 10.2. The molecular weight excluding hydrogens is 366 g/mol. The van der Waals surface area contributed by atoms with Crippen molar-refractivity contribution in [3.63, 3.8) is 0 Å². The second-order valence-corrected chi connectivity index (χ2v) is 5.91. The summed E-state index contributed by atoms with van der Waals surface area (Å²) in [5.41, 5.74) is -0.0113. The monoisotopic (exact) mass is 379 g/mol. The SMILES string of the molecule is O=[N+]([O-])c1cc2c(c([N+](=O)[O-])c1)N(c1ccccc1)N(c1ccccc1)N2O. The summed E-state index contributed by atoms with van der Waals surface area (Å²) in [5, 5.41) is 37.2. The molecule has 10 nitrogen and oxygen atoms in total. The van der Waals surface area contributed by atoms with Crippen LogP contribution in [0.2, 0.25) is 0 Å². The van der Waals surface area contributed by atoms with E-state index in [0.29, 0.717) is 16.5 Å². The number of anilines is 4. The molecule has 3 aromatic rings. The summed E-state index contributed by atoms with van der Waals surface area (Å²) >= 11 is 0. The first-order chi connectivity index (χ1) is 13.5. The van der Waals surface area contributed by atoms with Crippen LogP contribution in [0.5, 0.6) is 0 Å². The van der Waals surface area contributed by atoms with Crippen LogP contribution in [0.25, 0.3) is 0 Å². The molecule has 1 aliphatic rings. The molecule has 28 heavy (non-hydrogen) atoms. The molecule has 10 heteroatoms. The molecule has 0 aliphatic carbocycles. The van der Waals surface area contributed by atoms with Gasteiger partial charge in [-0.1, -0.05) is 36.4 Å². The summed E-state index contributed by atoms with van der Waals surface area (Å²) in [6.45, 7) is 0. The van der Waals surface area contributed by atoms with Crippen molar-refractivity contribution in [2.75, 3.05) is 15.3 Å². The number of para-hydroxylation sites is 2. The highest BCUT2D eigenvalue weighted by atomic mass is 16.6. The van der Waals surface area contributed by atoms with E-state index < -0.39 is 21.2 Å². The number of hydrogen-bond donors (Lipinski definition) is 1. The van der Waals surface area contributed by atoms with Gasteiger partial charge in [-0.05, 0) is 24.3 Å². The highest BCUT2D eigenvalue weighted by molar-refractivity contribution is 5.93. The maximum atomic E-state index is 11.7. The van der Waals surface area contributed by atoms with Crippen molar-refractivity contribution in [3.05, 3.63) is 93.0 Å². The lowest BCUT2D eigenvalue weighted by Gasteiger charge is -2.33. The number of benzene rings is 3. The van der Waals surface area contributed by atoms with Gasteiger partial charge in [0.05, 0.1) is 27.3 Å². The predicted molar refractivity (Wildman–Crippen MR) is 102 cm³/mol. The molecule has 0 radical (unpaired) electrons. The van der Waals surface area contributed by atoms with Gasteiger partial charge in [-0.3, -0.25) is 25.4 Å². The maximum absolute atomic E-state index is 11.7. The third kappa shape index (κ3) is 2.64. The molecule has 0 saturated heterocycles. The largest absolute Gasteiger partial charge is 0.304 e. The van der Waals surface area contributed by atoms with E-state index in [4.69, 9.17) is 0 Å². The molecular formula is C18H13N5O5. The topological polar surface area (TPSA) is 116 Å². The van der Waals surface area contributed by atoms with Crippen LogP contribution >= 0.6 is 0 Å². The van der Waals surface area contributed by atoms with Crippen molar-refractivity contribution in [3.8, 4) is 0 Å². The van der Waals surface area contributed by atoms with E-state index in [1.807, 2.05) is 0 Å². The van der Waals surface area contributed by atoms with Gasteiger partial charge in [-0.25, -0.2) is 5.01 Å². The lowest BCUT2D eigenvalue weighted by molar-refractivity contribution is -0.393. The van der Waals surface area contributed by atoms with Crippen molar-refractivity contribution < 1.29 is 15.1 Å². The fourth-order valence-corrected chi connectivity index (χ4v) is 3.08. The zero-order valence-electron chi connectivity index (χ0n) is 14.2. The summed E-state index contributed by atoms with van der Waals surface area (Å²) in [6.07, 6.45) is 0. The quantitative estimate of drug-likeness (QED) is 0.530. The Morgan fingerprint density at radius 1 is 0.786 bits per heavy atom. The molecule has 1 aliphatic heterocycles. The third-order valence-electron chi connectivity index (χ3n) is 4.25. The normalized spacial score (nSPS) is 12.8. The van der Waals surface area contributed by atoms with Crippen LogP contribution in [-0.2, 0) is 0 Å². The smallest absolute Gasteiger partial charge is 0.267 e. The second-order valence-electron chi connectivity index (χ2n) is 5.91. The number of non-ortho nitro benzene ring substituents is 1. The Morgan fingerprint density at radius 2 is 1.36 bits per heavy atom. The van der Waals surface area contributed by atoms with Crippen molar-refractivity contribution >= 4 is 34.1 Å². The number of hydrogen-bond acceptors (Lipinski definition) is 8. The number of nitro groups is 2. The molecule has 0 bridgehead atoms. The molecule has 0 fully saturated rings. The minimum atomic E-state index is -0.737. The molecule has 4 rings (SSSR count). The molecule has 0 aromatic heterocycles. The van der Waals surface area contributed by atoms with Gasteiger partial charge in [0.1, 0.15) is 5.69 Å². The Kier molecular flexibility index (Phi) is 4.02. The zero-order valence-corrected chi connectivity index (χ0v) is 14.2. The van der Waals surface area contributed by atoms with Crippen molar-refractivity contribution in [1.82, 2.24) is 0 Å². The first kappa shape index (κ1) is 17.2. The maximum Gasteiger partial charge on any atom is 0.304 e. The minimum absolute atomic E-state index is 0.0214. The molecule has 1 N–H and O–H groups in total. The molecule has 0 saturated carbocycles. The van der Waals surface area contributed by atoms with E-state index in [-0.39, 0.29) is 11.4 Å². The first-order valence-electron chi connectivity index (χ1n) is 8.15. The molecule has 140 valence electrons. The van der Waals surface area contributed by atoms with Gasteiger partial charge >= 0.3 is 5.69 Å². The minimum Gasteiger partial charge on any atom is -0.267 e. The average molecular weight is 379 g/mol. The van der Waals surface area contributed by atoms with Gasteiger partial charge < -0.3 is 0 Å². The number of fused-ring (bicyclic) bond motifs is 1. The highest BCUT2D eigenvalue weighted by Crippen LogP contribution is 2.50. The van der Waals surface area contributed by atoms with Gasteiger partial charge in [0.25, 0.3) is 5.69 Å². The van der Waals surface area contributed by atoms with E-state index in [0.717, 1.165) is 12.1 Å². The summed E-state index contributed by atoms with van der Waals surface area (Å²) in [5.74, 6) is 0. The van der Waals surface area contributed by atoms with Crippen LogP contribution in [0.1, 0.15) is 0 Å². The van der Waals surface area contributed by atoms with E-state index in [2.05, 4.69) is 0 Å². The number of rotatable bonds is 4. The fraction of sp³-hybridized carbons (Fsp3) is 0.